The molecule has 0 saturated heterocycles. The van der Waals surface area contributed by atoms with Crippen LogP contribution in [-0.4, -0.2) is 30.5 Å². The molecule has 0 aliphatic rings. The van der Waals surface area contributed by atoms with E-state index in [4.69, 9.17) is 5.26 Å². The van der Waals surface area contributed by atoms with Crippen molar-refractivity contribution in [3.05, 3.63) is 47.8 Å². The van der Waals surface area contributed by atoms with Crippen LogP contribution in [0.25, 0.3) is 0 Å². The minimum absolute atomic E-state index is 0.0191. The zero-order chi connectivity index (χ0) is 15.3. The van der Waals surface area contributed by atoms with Crippen LogP contribution in [0.3, 0.4) is 0 Å². The van der Waals surface area contributed by atoms with E-state index in [1.807, 2.05) is 25.4 Å². The Labute approximate surface area is 123 Å². The minimum atomic E-state index is -3.38. The lowest BCUT2D eigenvalue weighted by Gasteiger charge is -2.05. The second-order valence-electron chi connectivity index (χ2n) is 4.62. The molecule has 0 fully saturated rings. The van der Waals surface area contributed by atoms with Gasteiger partial charge in [0.1, 0.15) is 0 Å². The highest BCUT2D eigenvalue weighted by atomic mass is 32.2. The first-order valence-corrected chi connectivity index (χ1v) is 8.09. The van der Waals surface area contributed by atoms with Gasteiger partial charge in [-0.25, -0.2) is 8.42 Å². The zero-order valence-corrected chi connectivity index (χ0v) is 12.5. The molecule has 0 saturated carbocycles. The van der Waals surface area contributed by atoms with E-state index in [-0.39, 0.29) is 10.6 Å². The van der Waals surface area contributed by atoms with Gasteiger partial charge in [-0.2, -0.15) is 10.4 Å². The van der Waals surface area contributed by atoms with Crippen molar-refractivity contribution in [1.29, 1.82) is 5.26 Å². The fourth-order valence-corrected chi connectivity index (χ4v) is 3.10. The highest BCUT2D eigenvalue weighted by Gasteiger charge is 2.14. The Hall–Kier alpha value is -2.17. The second-order valence-corrected chi connectivity index (χ2v) is 6.73. The normalized spacial score (nSPS) is 11.2. The number of hydrogen-bond donors (Lipinski definition) is 1. The number of nitrogens with one attached hydrogen (secondary N) is 1. The topological polar surface area (TPSA) is 87.8 Å². The molecule has 0 atom stereocenters. The molecule has 6 nitrogen and oxygen atoms in total. The van der Waals surface area contributed by atoms with Crippen molar-refractivity contribution in [3.8, 4) is 6.07 Å². The van der Waals surface area contributed by atoms with Crippen molar-refractivity contribution in [2.75, 3.05) is 12.3 Å². The average Bonchev–Trinajstić information content (AvgIpc) is 2.89. The van der Waals surface area contributed by atoms with Gasteiger partial charge in [0.2, 0.25) is 0 Å². The first-order chi connectivity index (χ1) is 10.0. The number of sulfone groups is 1. The molecule has 0 amide bonds. The van der Waals surface area contributed by atoms with Crippen molar-refractivity contribution in [2.45, 2.75) is 11.4 Å². The van der Waals surface area contributed by atoms with Crippen LogP contribution >= 0.6 is 0 Å². The largest absolute Gasteiger partial charge is 0.310 e. The van der Waals surface area contributed by atoms with Crippen molar-refractivity contribution in [3.63, 3.8) is 0 Å². The second kappa shape index (κ2) is 6.52. The highest BCUT2D eigenvalue weighted by molar-refractivity contribution is 7.91. The molecule has 0 bridgehead atoms. The Morgan fingerprint density at radius 3 is 2.86 bits per heavy atom. The van der Waals surface area contributed by atoms with E-state index in [1.165, 1.54) is 12.1 Å². The van der Waals surface area contributed by atoms with Gasteiger partial charge in [0, 0.05) is 26.3 Å². The maximum atomic E-state index is 12.1. The Kier molecular flexibility index (Phi) is 4.73. The van der Waals surface area contributed by atoms with E-state index in [9.17, 15) is 8.42 Å². The predicted molar refractivity (Wildman–Crippen MR) is 78.1 cm³/mol. The first kappa shape index (κ1) is 15.2. The Morgan fingerprint density at radius 1 is 1.38 bits per heavy atom. The Bertz CT molecular complexity index is 759. The molecule has 1 aromatic heterocycles. The molecule has 2 aromatic rings. The van der Waals surface area contributed by atoms with E-state index < -0.39 is 9.84 Å². The van der Waals surface area contributed by atoms with Crippen LogP contribution in [0.4, 0.5) is 0 Å². The van der Waals surface area contributed by atoms with Gasteiger partial charge >= 0.3 is 0 Å². The van der Waals surface area contributed by atoms with Gasteiger partial charge in [0.05, 0.1) is 28.0 Å². The molecule has 0 unspecified atom stereocenters. The van der Waals surface area contributed by atoms with E-state index in [1.54, 1.807) is 16.8 Å². The zero-order valence-electron chi connectivity index (χ0n) is 11.7. The third-order valence-corrected chi connectivity index (χ3v) is 4.66. The molecular weight excluding hydrogens is 288 g/mol. The smallest absolute Gasteiger partial charge is 0.179 e. The van der Waals surface area contributed by atoms with Gasteiger partial charge in [0.15, 0.2) is 9.84 Å². The summed E-state index contributed by atoms with van der Waals surface area (Å²) in [5, 5.41) is 16.0. The number of hydrogen-bond acceptors (Lipinski definition) is 5. The van der Waals surface area contributed by atoms with E-state index >= 15 is 0 Å². The monoisotopic (exact) mass is 304 g/mol. The summed E-state index contributed by atoms with van der Waals surface area (Å²) in [7, 11) is -1.55. The lowest BCUT2D eigenvalue weighted by Crippen LogP contribution is -2.23. The lowest BCUT2D eigenvalue weighted by molar-refractivity contribution is 0.589. The van der Waals surface area contributed by atoms with E-state index in [2.05, 4.69) is 10.4 Å². The van der Waals surface area contributed by atoms with Crippen molar-refractivity contribution >= 4 is 9.84 Å². The highest BCUT2D eigenvalue weighted by Crippen LogP contribution is 2.12. The third kappa shape index (κ3) is 4.15. The summed E-state index contributed by atoms with van der Waals surface area (Å²) in [5.41, 5.74) is 1.21. The van der Waals surface area contributed by atoms with Gasteiger partial charge in [-0.05, 0) is 24.3 Å². The summed E-state index contributed by atoms with van der Waals surface area (Å²) in [6, 6.07) is 9.88. The molecule has 0 radical (unpaired) electrons. The van der Waals surface area contributed by atoms with Crippen molar-refractivity contribution in [1.82, 2.24) is 15.1 Å². The molecule has 0 aliphatic carbocycles. The third-order valence-electron chi connectivity index (χ3n) is 2.94. The summed E-state index contributed by atoms with van der Waals surface area (Å²) in [4.78, 5) is 0.182. The molecule has 1 heterocycles. The molecule has 0 aliphatic heterocycles. The van der Waals surface area contributed by atoms with Crippen LogP contribution in [0, 0.1) is 11.3 Å². The van der Waals surface area contributed by atoms with Crippen LogP contribution in [0.1, 0.15) is 11.3 Å². The first-order valence-electron chi connectivity index (χ1n) is 6.43. The number of rotatable bonds is 6. The van der Waals surface area contributed by atoms with Gasteiger partial charge in [-0.1, -0.05) is 6.07 Å². The van der Waals surface area contributed by atoms with Crippen molar-refractivity contribution < 1.29 is 8.42 Å². The standard InChI is InChI=1S/C14H16N4O2S/c1-18-7-5-13(17-18)11-16-6-8-21(19,20)14-4-2-3-12(9-14)10-15/h2-5,7,9,16H,6,8,11H2,1H3. The summed E-state index contributed by atoms with van der Waals surface area (Å²) < 4.78 is 26.0. The van der Waals surface area contributed by atoms with E-state index in [0.29, 0.717) is 18.7 Å². The van der Waals surface area contributed by atoms with Gasteiger partial charge in [-0.3, -0.25) is 4.68 Å². The SMILES string of the molecule is Cn1ccc(CNCCS(=O)(=O)c2cccc(C#N)c2)n1. The summed E-state index contributed by atoms with van der Waals surface area (Å²) in [6.45, 7) is 0.851. The number of aryl methyl sites for hydroxylation is 1. The maximum absolute atomic E-state index is 12.1. The fourth-order valence-electron chi connectivity index (χ4n) is 1.86. The lowest BCUT2D eigenvalue weighted by atomic mass is 10.2. The van der Waals surface area contributed by atoms with Crippen molar-refractivity contribution in [2.24, 2.45) is 7.05 Å². The average molecular weight is 304 g/mol. The number of nitrogens with zero attached hydrogens (tertiary/aromatic N) is 3. The minimum Gasteiger partial charge on any atom is -0.310 e. The van der Waals surface area contributed by atoms with Crippen LogP contribution in [0.5, 0.6) is 0 Å². The maximum Gasteiger partial charge on any atom is 0.179 e. The van der Waals surface area contributed by atoms with Gasteiger partial charge < -0.3 is 5.32 Å². The quantitative estimate of drug-likeness (QED) is 0.800. The van der Waals surface area contributed by atoms with Gasteiger partial charge in [-0.15, -0.1) is 0 Å². The molecular formula is C14H16N4O2S. The van der Waals surface area contributed by atoms with Crippen LogP contribution < -0.4 is 5.32 Å². The van der Waals surface area contributed by atoms with Crippen LogP contribution in [0.2, 0.25) is 0 Å². The van der Waals surface area contributed by atoms with Gasteiger partial charge in [0.25, 0.3) is 0 Å². The molecule has 110 valence electrons. The molecule has 1 N–H and O–H groups in total. The molecule has 2 rings (SSSR count). The Balaban J connectivity index is 1.90. The molecule has 1 aromatic carbocycles. The predicted octanol–water partition coefficient (Wildman–Crippen LogP) is 0.855. The summed E-state index contributed by atoms with van der Waals surface area (Å²) in [6.07, 6.45) is 1.83. The fraction of sp³-hybridized carbons (Fsp3) is 0.286. The summed E-state index contributed by atoms with van der Waals surface area (Å²) >= 11 is 0. The van der Waals surface area contributed by atoms with Crippen LogP contribution in [-0.2, 0) is 23.4 Å². The molecule has 0 spiro atoms. The van der Waals surface area contributed by atoms with E-state index in [0.717, 1.165) is 5.69 Å². The number of benzene rings is 1. The Morgan fingerprint density at radius 2 is 2.19 bits per heavy atom. The summed E-state index contributed by atoms with van der Waals surface area (Å²) in [5.74, 6) is -0.0191. The molecule has 7 heteroatoms. The molecule has 21 heavy (non-hydrogen) atoms. The van der Waals surface area contributed by atoms with Crippen LogP contribution in [0.15, 0.2) is 41.4 Å². The number of nitriles is 1. The number of aromatic nitrogens is 2.